The molecule has 2 rings (SSSR count). The van der Waals surface area contributed by atoms with Gasteiger partial charge in [-0.15, -0.1) is 11.3 Å². The summed E-state index contributed by atoms with van der Waals surface area (Å²) < 4.78 is 0. The number of halogens is 1. The van der Waals surface area contributed by atoms with Crippen molar-refractivity contribution in [3.05, 3.63) is 56.7 Å². The van der Waals surface area contributed by atoms with Gasteiger partial charge in [0.1, 0.15) is 0 Å². The van der Waals surface area contributed by atoms with E-state index in [-0.39, 0.29) is 6.04 Å². The highest BCUT2D eigenvalue weighted by molar-refractivity contribution is 7.10. The Labute approximate surface area is 105 Å². The Morgan fingerprint density at radius 2 is 2.00 bits per heavy atom. The molecule has 0 aliphatic heterocycles. The van der Waals surface area contributed by atoms with Gasteiger partial charge in [-0.25, -0.2) is 0 Å². The molecule has 2 aromatic rings. The van der Waals surface area contributed by atoms with Gasteiger partial charge in [-0.05, 0) is 29.9 Å². The van der Waals surface area contributed by atoms with E-state index in [0.29, 0.717) is 0 Å². The van der Waals surface area contributed by atoms with Crippen molar-refractivity contribution in [1.29, 1.82) is 0 Å². The fraction of sp³-hybridized carbons (Fsp3) is 0.231. The minimum Gasteiger partial charge on any atom is -0.323 e. The molecule has 0 fully saturated rings. The summed E-state index contributed by atoms with van der Waals surface area (Å²) in [6.07, 6.45) is 0.834. The van der Waals surface area contributed by atoms with Crippen molar-refractivity contribution >= 4 is 22.9 Å². The lowest BCUT2D eigenvalue weighted by molar-refractivity contribution is 0.736. The van der Waals surface area contributed by atoms with Gasteiger partial charge < -0.3 is 5.73 Å². The van der Waals surface area contributed by atoms with Crippen molar-refractivity contribution in [1.82, 2.24) is 0 Å². The Morgan fingerprint density at radius 3 is 2.56 bits per heavy atom. The summed E-state index contributed by atoms with van der Waals surface area (Å²) in [6.45, 7) is 2.01. The molecule has 0 spiro atoms. The third-order valence-corrected chi connectivity index (χ3v) is 4.41. The van der Waals surface area contributed by atoms with Gasteiger partial charge in [0.25, 0.3) is 0 Å². The molecule has 1 atom stereocenters. The van der Waals surface area contributed by atoms with E-state index in [0.717, 1.165) is 21.9 Å². The average molecular weight is 252 g/mol. The Morgan fingerprint density at radius 1 is 1.31 bits per heavy atom. The molecule has 0 aliphatic rings. The quantitative estimate of drug-likeness (QED) is 0.878. The van der Waals surface area contributed by atoms with Crippen molar-refractivity contribution in [2.24, 2.45) is 5.73 Å². The Bertz CT molecular complexity index is 464. The monoisotopic (exact) mass is 251 g/mol. The molecule has 16 heavy (non-hydrogen) atoms. The highest BCUT2D eigenvalue weighted by Crippen LogP contribution is 2.32. The minimum atomic E-state index is -0.00593. The molecule has 3 heteroatoms. The molecular weight excluding hydrogens is 238 g/mol. The molecule has 0 saturated heterocycles. The highest BCUT2D eigenvalue weighted by atomic mass is 35.5. The summed E-state index contributed by atoms with van der Waals surface area (Å²) in [5.74, 6) is 0. The number of hydrogen-bond acceptors (Lipinski definition) is 2. The van der Waals surface area contributed by atoms with E-state index in [4.69, 9.17) is 17.3 Å². The number of benzene rings is 1. The first-order valence-corrected chi connectivity index (χ1v) is 6.47. The van der Waals surface area contributed by atoms with Crippen LogP contribution in [0.15, 0.2) is 35.7 Å². The number of nitrogens with two attached hydrogens (primary N) is 1. The van der Waals surface area contributed by atoms with Gasteiger partial charge >= 0.3 is 0 Å². The third-order valence-electron chi connectivity index (χ3n) is 2.56. The summed E-state index contributed by atoms with van der Waals surface area (Å²) in [5.41, 5.74) is 8.53. The van der Waals surface area contributed by atoms with Crippen LogP contribution in [0.4, 0.5) is 0 Å². The van der Waals surface area contributed by atoms with Gasteiger partial charge in [-0.2, -0.15) is 0 Å². The zero-order chi connectivity index (χ0) is 11.5. The van der Waals surface area contributed by atoms with Crippen LogP contribution in [0.25, 0.3) is 0 Å². The smallest absolute Gasteiger partial charge is 0.0590 e. The molecule has 1 heterocycles. The first-order valence-electron chi connectivity index (χ1n) is 5.21. The molecule has 1 aromatic heterocycles. The lowest BCUT2D eigenvalue weighted by atomic mass is 10.1. The maximum atomic E-state index is 6.20. The molecule has 0 saturated carbocycles. The summed E-state index contributed by atoms with van der Waals surface area (Å²) in [5, 5.41) is 2.89. The topological polar surface area (TPSA) is 26.0 Å². The van der Waals surface area contributed by atoms with E-state index in [2.05, 4.69) is 17.5 Å². The van der Waals surface area contributed by atoms with Gasteiger partial charge in [-0.1, -0.05) is 41.9 Å². The second-order valence-corrected chi connectivity index (χ2v) is 5.18. The van der Waals surface area contributed by atoms with E-state index >= 15 is 0 Å². The van der Waals surface area contributed by atoms with Crippen LogP contribution >= 0.6 is 22.9 Å². The van der Waals surface area contributed by atoms with Gasteiger partial charge in [0.2, 0.25) is 0 Å². The van der Waals surface area contributed by atoms with E-state index in [1.807, 2.05) is 25.1 Å². The number of aryl methyl sites for hydroxylation is 1. The molecule has 0 bridgehead atoms. The van der Waals surface area contributed by atoms with Crippen LogP contribution < -0.4 is 5.73 Å². The van der Waals surface area contributed by atoms with Crippen molar-refractivity contribution in [2.45, 2.75) is 19.4 Å². The third kappa shape index (κ3) is 2.46. The number of thiophene rings is 1. The molecule has 1 nitrogen and oxygen atoms in total. The fourth-order valence-electron chi connectivity index (χ4n) is 1.66. The summed E-state index contributed by atoms with van der Waals surface area (Å²) in [7, 11) is 0. The first-order chi connectivity index (χ1) is 7.68. The zero-order valence-corrected chi connectivity index (χ0v) is 10.7. The highest BCUT2D eigenvalue weighted by Gasteiger charge is 2.14. The fourth-order valence-corrected chi connectivity index (χ4v) is 3.00. The Hall–Kier alpha value is -0.830. The summed E-state index contributed by atoms with van der Waals surface area (Å²) >= 11 is 7.85. The average Bonchev–Trinajstić information content (AvgIpc) is 2.61. The van der Waals surface area contributed by atoms with Crippen LogP contribution in [0.3, 0.4) is 0 Å². The Kier molecular flexibility index (Phi) is 3.64. The van der Waals surface area contributed by atoms with E-state index in [1.54, 1.807) is 11.3 Å². The van der Waals surface area contributed by atoms with Gasteiger partial charge in [0.05, 0.1) is 5.02 Å². The van der Waals surface area contributed by atoms with Crippen LogP contribution in [0.5, 0.6) is 0 Å². The number of hydrogen-bond donors (Lipinski definition) is 1. The molecule has 84 valence electrons. The van der Waals surface area contributed by atoms with Crippen LogP contribution in [0.1, 0.15) is 22.0 Å². The maximum absolute atomic E-state index is 6.20. The van der Waals surface area contributed by atoms with E-state index in [9.17, 15) is 0 Å². The van der Waals surface area contributed by atoms with Crippen molar-refractivity contribution in [3.63, 3.8) is 0 Å². The molecule has 0 radical (unpaired) electrons. The van der Waals surface area contributed by atoms with E-state index in [1.165, 1.54) is 5.56 Å². The van der Waals surface area contributed by atoms with Crippen molar-refractivity contribution in [2.75, 3.05) is 0 Å². The summed E-state index contributed by atoms with van der Waals surface area (Å²) in [4.78, 5) is 1.09. The van der Waals surface area contributed by atoms with Crippen LogP contribution in [-0.2, 0) is 6.42 Å². The molecule has 0 amide bonds. The van der Waals surface area contributed by atoms with Crippen molar-refractivity contribution in [3.8, 4) is 0 Å². The lowest BCUT2D eigenvalue weighted by Crippen LogP contribution is -2.12. The molecule has 1 unspecified atom stereocenters. The first kappa shape index (κ1) is 11.6. The number of rotatable bonds is 3. The van der Waals surface area contributed by atoms with Crippen LogP contribution in [0.2, 0.25) is 5.02 Å². The maximum Gasteiger partial charge on any atom is 0.0590 e. The second kappa shape index (κ2) is 5.00. The van der Waals surface area contributed by atoms with E-state index < -0.39 is 0 Å². The minimum absolute atomic E-state index is 0.00593. The van der Waals surface area contributed by atoms with Crippen LogP contribution in [0, 0.1) is 6.92 Å². The SMILES string of the molecule is Cc1csc(C(N)Cc2ccccc2)c1Cl. The Balaban J connectivity index is 2.15. The molecule has 2 N–H and O–H groups in total. The summed E-state index contributed by atoms with van der Waals surface area (Å²) in [6, 6.07) is 10.3. The largest absolute Gasteiger partial charge is 0.323 e. The standard InChI is InChI=1S/C13H14ClNS/c1-9-8-16-13(12(9)14)11(15)7-10-5-3-2-4-6-10/h2-6,8,11H,7,15H2,1H3. The molecule has 0 aliphatic carbocycles. The molecular formula is C13H14ClNS. The van der Waals surface area contributed by atoms with Gasteiger partial charge in [-0.3, -0.25) is 0 Å². The predicted molar refractivity (Wildman–Crippen MR) is 71.1 cm³/mol. The second-order valence-electron chi connectivity index (χ2n) is 3.89. The van der Waals surface area contributed by atoms with Gasteiger partial charge in [0.15, 0.2) is 0 Å². The van der Waals surface area contributed by atoms with Crippen LogP contribution in [-0.4, -0.2) is 0 Å². The van der Waals surface area contributed by atoms with Crippen molar-refractivity contribution < 1.29 is 0 Å². The normalized spacial score (nSPS) is 12.7. The van der Waals surface area contributed by atoms with Gasteiger partial charge in [0, 0.05) is 10.9 Å². The molecule has 1 aromatic carbocycles. The zero-order valence-electron chi connectivity index (χ0n) is 9.11. The lowest BCUT2D eigenvalue weighted by Gasteiger charge is -2.10. The predicted octanol–water partition coefficient (Wildman–Crippen LogP) is 3.95.